The first kappa shape index (κ1) is 27.2. The van der Waals surface area contributed by atoms with Crippen LogP contribution in [0.5, 0.6) is 0 Å². The number of likely N-dealkylation sites (tertiary alicyclic amines) is 2. The topological polar surface area (TPSA) is 129 Å². The molecule has 2 amide bonds. The number of ether oxygens (including phenoxy) is 2. The third-order valence-corrected chi connectivity index (χ3v) is 10.7. The number of alkyl carbamates (subject to hydrolysis) is 1. The number of carbonyl (C=O) groups excluding carboxylic acids is 2. The number of nitrogens with one attached hydrogen (secondary N) is 1. The van der Waals surface area contributed by atoms with Crippen molar-refractivity contribution in [1.82, 2.24) is 15.1 Å². The van der Waals surface area contributed by atoms with E-state index in [2.05, 4.69) is 16.3 Å². The summed E-state index contributed by atoms with van der Waals surface area (Å²) < 4.78 is 38.5. The number of nitrogens with zero attached hydrogens (tertiary/aromatic N) is 3. The molecule has 12 heteroatoms. The maximum Gasteiger partial charge on any atom is 0.410 e. The van der Waals surface area contributed by atoms with Gasteiger partial charge < -0.3 is 19.7 Å². The molecule has 4 fully saturated rings. The number of sulfone groups is 1. The van der Waals surface area contributed by atoms with Crippen molar-refractivity contribution in [1.29, 1.82) is 5.26 Å². The van der Waals surface area contributed by atoms with Crippen molar-refractivity contribution < 1.29 is 27.5 Å². The number of nitriles is 1. The van der Waals surface area contributed by atoms with Crippen LogP contribution in [0.4, 0.5) is 4.79 Å². The standard InChI is InChI=1S/C26H33ClN4O6S/c1-25(2)14-17(8-12-36-25)30-11-7-20(30)23(32)31-15-18(38(34,35)21-6-4-3-5-19(21)27)13-22(31)37-24(33)29-26(16-28)9-10-26/h3-6,17-18,20,22H,7-15H2,1-2H3,(H,29,33)/t17?,18-,20?,22+/m1/s1. The number of benzene rings is 1. The Balaban J connectivity index is 1.36. The largest absolute Gasteiger partial charge is 0.425 e. The van der Waals surface area contributed by atoms with Gasteiger partial charge in [-0.15, -0.1) is 0 Å². The Morgan fingerprint density at radius 1 is 1.24 bits per heavy atom. The Morgan fingerprint density at radius 3 is 2.58 bits per heavy atom. The molecular weight excluding hydrogens is 532 g/mol. The van der Waals surface area contributed by atoms with Crippen LogP contribution in [0.1, 0.15) is 52.4 Å². The predicted molar refractivity (Wildman–Crippen MR) is 138 cm³/mol. The minimum Gasteiger partial charge on any atom is -0.425 e. The Morgan fingerprint density at radius 2 is 1.97 bits per heavy atom. The van der Waals surface area contributed by atoms with E-state index in [4.69, 9.17) is 21.1 Å². The zero-order valence-corrected chi connectivity index (χ0v) is 23.1. The van der Waals surface area contributed by atoms with Gasteiger partial charge in [0.25, 0.3) is 0 Å². The summed E-state index contributed by atoms with van der Waals surface area (Å²) in [5.41, 5.74) is -1.23. The molecule has 1 aromatic carbocycles. The highest BCUT2D eigenvalue weighted by molar-refractivity contribution is 7.92. The summed E-state index contributed by atoms with van der Waals surface area (Å²) in [5.74, 6) is -0.253. The van der Waals surface area contributed by atoms with Gasteiger partial charge in [0.1, 0.15) is 5.54 Å². The number of carbonyl (C=O) groups is 2. The number of amides is 2. The molecule has 5 rings (SSSR count). The summed E-state index contributed by atoms with van der Waals surface area (Å²) in [6.07, 6.45) is 1.30. The van der Waals surface area contributed by atoms with E-state index in [1.54, 1.807) is 12.1 Å². The summed E-state index contributed by atoms with van der Waals surface area (Å²) >= 11 is 6.21. The van der Waals surface area contributed by atoms with Crippen LogP contribution in [-0.4, -0.2) is 84.6 Å². The second-order valence-corrected chi connectivity index (χ2v) is 13.9. The fourth-order valence-corrected chi connectivity index (χ4v) is 7.91. The molecule has 4 atom stereocenters. The van der Waals surface area contributed by atoms with Crippen LogP contribution < -0.4 is 5.32 Å². The minimum atomic E-state index is -3.92. The molecule has 206 valence electrons. The van der Waals surface area contributed by atoms with Gasteiger partial charge in [0.15, 0.2) is 16.1 Å². The lowest BCUT2D eigenvalue weighted by Gasteiger charge is -2.50. The second-order valence-electron chi connectivity index (χ2n) is 11.3. The molecule has 1 aromatic rings. The quantitative estimate of drug-likeness (QED) is 0.558. The van der Waals surface area contributed by atoms with Gasteiger partial charge in [0.05, 0.1) is 32.9 Å². The molecule has 0 spiro atoms. The SMILES string of the molecule is CC1(C)CC(N2CCC2C(=O)N2C[C@H](S(=O)(=O)c3ccccc3Cl)C[C@@H]2OC(=O)NC2(C#N)CC2)CCO1. The second kappa shape index (κ2) is 9.97. The van der Waals surface area contributed by atoms with E-state index < -0.39 is 39.0 Å². The van der Waals surface area contributed by atoms with Gasteiger partial charge in [-0.05, 0) is 58.1 Å². The van der Waals surface area contributed by atoms with E-state index in [-0.39, 0.29) is 40.4 Å². The predicted octanol–water partition coefficient (Wildman–Crippen LogP) is 2.85. The fraction of sp³-hybridized carbons (Fsp3) is 0.654. The fourth-order valence-electron chi connectivity index (χ4n) is 5.71. The lowest BCUT2D eigenvalue weighted by Crippen LogP contribution is -2.63. The van der Waals surface area contributed by atoms with Crippen LogP contribution in [0.2, 0.25) is 5.02 Å². The van der Waals surface area contributed by atoms with Crippen molar-refractivity contribution in [3.63, 3.8) is 0 Å². The number of hydrogen-bond donors (Lipinski definition) is 1. The van der Waals surface area contributed by atoms with E-state index in [0.29, 0.717) is 25.9 Å². The summed E-state index contributed by atoms with van der Waals surface area (Å²) in [5, 5.41) is 11.0. The van der Waals surface area contributed by atoms with Crippen LogP contribution in [0.3, 0.4) is 0 Å². The minimum absolute atomic E-state index is 0.0136. The van der Waals surface area contributed by atoms with E-state index in [1.807, 2.05) is 13.8 Å². The number of halogens is 1. The molecule has 10 nitrogen and oxygen atoms in total. The molecule has 2 unspecified atom stereocenters. The highest BCUT2D eigenvalue weighted by Gasteiger charge is 2.51. The Kier molecular flexibility index (Phi) is 7.14. The first-order valence-corrected chi connectivity index (χ1v) is 15.0. The number of hydrogen-bond acceptors (Lipinski definition) is 8. The smallest absolute Gasteiger partial charge is 0.410 e. The molecular formula is C26H33ClN4O6S. The zero-order valence-electron chi connectivity index (χ0n) is 21.6. The first-order valence-electron chi connectivity index (χ1n) is 13.0. The van der Waals surface area contributed by atoms with E-state index in [9.17, 15) is 23.3 Å². The molecule has 3 saturated heterocycles. The maximum atomic E-state index is 13.8. The van der Waals surface area contributed by atoms with Crippen LogP contribution in [0, 0.1) is 11.3 Å². The zero-order chi connectivity index (χ0) is 27.3. The third kappa shape index (κ3) is 5.24. The van der Waals surface area contributed by atoms with Gasteiger partial charge in [-0.25, -0.2) is 13.2 Å². The van der Waals surface area contributed by atoms with E-state index >= 15 is 0 Å². The molecule has 1 aliphatic carbocycles. The van der Waals surface area contributed by atoms with Crippen molar-refractivity contribution >= 4 is 33.4 Å². The van der Waals surface area contributed by atoms with Gasteiger partial charge in [-0.1, -0.05) is 23.7 Å². The lowest BCUT2D eigenvalue weighted by atomic mass is 9.88. The van der Waals surface area contributed by atoms with Crippen molar-refractivity contribution in [3.05, 3.63) is 29.3 Å². The average molecular weight is 565 g/mol. The average Bonchev–Trinajstić information content (AvgIpc) is 3.46. The molecule has 0 radical (unpaired) electrons. The molecule has 1 saturated carbocycles. The summed E-state index contributed by atoms with van der Waals surface area (Å²) in [6.45, 7) is 5.34. The van der Waals surface area contributed by atoms with E-state index in [1.165, 1.54) is 17.0 Å². The van der Waals surface area contributed by atoms with E-state index in [0.717, 1.165) is 19.4 Å². The van der Waals surface area contributed by atoms with Gasteiger partial charge in [0, 0.05) is 32.2 Å². The summed E-state index contributed by atoms with van der Waals surface area (Å²) in [6, 6.07) is 8.02. The number of rotatable bonds is 6. The van der Waals surface area contributed by atoms with Crippen LogP contribution in [0.25, 0.3) is 0 Å². The molecule has 4 aliphatic rings. The van der Waals surface area contributed by atoms with Crippen molar-refractivity contribution in [2.75, 3.05) is 19.7 Å². The van der Waals surface area contributed by atoms with Crippen molar-refractivity contribution in [3.8, 4) is 6.07 Å². The molecule has 38 heavy (non-hydrogen) atoms. The molecule has 3 heterocycles. The van der Waals surface area contributed by atoms with Crippen LogP contribution in [-0.2, 0) is 24.1 Å². The Bertz CT molecular complexity index is 1260. The van der Waals surface area contributed by atoms with Crippen molar-refractivity contribution in [2.45, 2.75) is 92.0 Å². The van der Waals surface area contributed by atoms with Crippen molar-refractivity contribution in [2.24, 2.45) is 0 Å². The Hall–Kier alpha value is -2.39. The van der Waals surface area contributed by atoms with Gasteiger partial charge in [-0.2, -0.15) is 5.26 Å². The third-order valence-electron chi connectivity index (χ3n) is 8.11. The Labute approximate surface area is 228 Å². The lowest BCUT2D eigenvalue weighted by molar-refractivity contribution is -0.156. The normalized spacial score (nSPS) is 30.1. The molecule has 0 aromatic heterocycles. The van der Waals surface area contributed by atoms with Gasteiger partial charge in [0.2, 0.25) is 5.91 Å². The van der Waals surface area contributed by atoms with Crippen LogP contribution in [0.15, 0.2) is 29.2 Å². The monoisotopic (exact) mass is 564 g/mol. The summed E-state index contributed by atoms with van der Waals surface area (Å²) in [7, 11) is -3.92. The molecule has 0 bridgehead atoms. The first-order chi connectivity index (χ1) is 17.9. The maximum absolute atomic E-state index is 13.8. The molecule has 1 N–H and O–H groups in total. The van der Waals surface area contributed by atoms with Crippen LogP contribution >= 0.6 is 11.6 Å². The van der Waals surface area contributed by atoms with Gasteiger partial charge in [-0.3, -0.25) is 9.69 Å². The highest BCUT2D eigenvalue weighted by Crippen LogP contribution is 2.38. The molecule has 3 aliphatic heterocycles. The summed E-state index contributed by atoms with van der Waals surface area (Å²) in [4.78, 5) is 30.0. The highest BCUT2D eigenvalue weighted by atomic mass is 35.5. The van der Waals surface area contributed by atoms with Gasteiger partial charge >= 0.3 is 6.09 Å².